The van der Waals surface area contributed by atoms with Gasteiger partial charge in [0, 0.05) is 5.02 Å². The summed E-state index contributed by atoms with van der Waals surface area (Å²) in [6.45, 7) is 0.375. The monoisotopic (exact) mass is 154 g/mol. The van der Waals surface area contributed by atoms with Gasteiger partial charge in [0.15, 0.2) is 0 Å². The van der Waals surface area contributed by atoms with Gasteiger partial charge in [0.1, 0.15) is 0 Å². The van der Waals surface area contributed by atoms with Gasteiger partial charge in [0.25, 0.3) is 0 Å². The first-order chi connectivity index (χ1) is 4.84. The molecule has 52 valence electrons. The lowest BCUT2D eigenvalue weighted by molar-refractivity contribution is 0.908. The van der Waals surface area contributed by atoms with Crippen LogP contribution < -0.4 is 0 Å². The molecule has 1 aromatic carbocycles. The third-order valence-corrected chi connectivity index (χ3v) is 1.58. The Morgan fingerprint density at radius 2 is 2.10 bits per heavy atom. The van der Waals surface area contributed by atoms with Crippen LogP contribution in [-0.2, 0) is 6.54 Å². The Morgan fingerprint density at radius 1 is 1.40 bits per heavy atom. The van der Waals surface area contributed by atoms with Crippen LogP contribution in [0.3, 0.4) is 0 Å². The summed E-state index contributed by atoms with van der Waals surface area (Å²) in [4.78, 5) is 0. The lowest BCUT2D eigenvalue weighted by Crippen LogP contribution is -1.79. The van der Waals surface area contributed by atoms with E-state index in [1.54, 1.807) is 6.07 Å². The number of hydrogen-bond acceptors (Lipinski definition) is 2. The third kappa shape index (κ3) is 1.54. The van der Waals surface area contributed by atoms with E-state index in [1.807, 2.05) is 18.2 Å². The molecule has 10 heavy (non-hydrogen) atoms. The topological polar surface area (TPSA) is 36.2 Å². The average molecular weight is 155 g/mol. The summed E-state index contributed by atoms with van der Waals surface area (Å²) in [5, 5.41) is 3.91. The van der Waals surface area contributed by atoms with E-state index in [2.05, 4.69) is 5.11 Å². The number of benzene rings is 1. The second-order valence-electron chi connectivity index (χ2n) is 1.91. The highest BCUT2D eigenvalue weighted by molar-refractivity contribution is 6.31. The molecule has 0 bridgehead atoms. The van der Waals surface area contributed by atoms with Crippen molar-refractivity contribution in [1.29, 1.82) is 5.53 Å². The molecule has 2 nitrogen and oxygen atoms in total. The molecule has 0 aliphatic heterocycles. The van der Waals surface area contributed by atoms with E-state index in [1.165, 1.54) is 0 Å². The minimum atomic E-state index is 0.375. The maximum Gasteiger partial charge on any atom is 0.0861 e. The molecule has 0 fully saturated rings. The number of rotatable bonds is 2. The summed E-state index contributed by atoms with van der Waals surface area (Å²) in [6.07, 6.45) is 0. The molecule has 0 atom stereocenters. The van der Waals surface area contributed by atoms with Gasteiger partial charge in [-0.25, -0.2) is 5.53 Å². The van der Waals surface area contributed by atoms with Gasteiger partial charge in [-0.1, -0.05) is 29.8 Å². The molecule has 0 amide bonds. The van der Waals surface area contributed by atoms with Crippen molar-refractivity contribution in [1.82, 2.24) is 0 Å². The maximum atomic E-state index is 6.60. The normalized spacial score (nSPS) is 9.30. The average Bonchev–Trinajstić information content (AvgIpc) is 1.94. The zero-order valence-electron chi connectivity index (χ0n) is 5.34. The van der Waals surface area contributed by atoms with Crippen LogP contribution in [0.2, 0.25) is 5.02 Å². The van der Waals surface area contributed by atoms with Crippen LogP contribution in [0.4, 0.5) is 0 Å². The van der Waals surface area contributed by atoms with E-state index in [9.17, 15) is 0 Å². The molecule has 0 radical (unpaired) electrons. The van der Waals surface area contributed by atoms with Crippen molar-refractivity contribution >= 4 is 11.6 Å². The smallest absolute Gasteiger partial charge is 0.0861 e. The third-order valence-electron chi connectivity index (χ3n) is 1.21. The zero-order valence-corrected chi connectivity index (χ0v) is 6.10. The van der Waals surface area contributed by atoms with Crippen molar-refractivity contribution < 1.29 is 0 Å². The molecular weight excluding hydrogens is 148 g/mol. The molecule has 0 saturated carbocycles. The van der Waals surface area contributed by atoms with Crippen LogP contribution in [0.1, 0.15) is 5.56 Å². The molecule has 0 unspecified atom stereocenters. The van der Waals surface area contributed by atoms with E-state index < -0.39 is 0 Å². The molecule has 0 aliphatic rings. The van der Waals surface area contributed by atoms with Crippen molar-refractivity contribution in [2.75, 3.05) is 0 Å². The van der Waals surface area contributed by atoms with Gasteiger partial charge in [-0.15, -0.1) is 0 Å². The Kier molecular flexibility index (Phi) is 2.40. The number of nitrogens with zero attached hydrogens (tertiary/aromatic N) is 1. The summed E-state index contributed by atoms with van der Waals surface area (Å²) in [5.41, 5.74) is 7.51. The Hall–Kier alpha value is -0.890. The van der Waals surface area contributed by atoms with Gasteiger partial charge < -0.3 is 0 Å². The minimum absolute atomic E-state index is 0.375. The molecule has 0 aliphatic carbocycles. The highest BCUT2D eigenvalue weighted by Gasteiger charge is 1.94. The summed E-state index contributed by atoms with van der Waals surface area (Å²) in [5.74, 6) is 0. The van der Waals surface area contributed by atoms with Gasteiger partial charge in [-0.3, -0.25) is 0 Å². The Morgan fingerprint density at radius 3 is 2.70 bits per heavy atom. The van der Waals surface area contributed by atoms with Gasteiger partial charge in [-0.05, 0) is 11.6 Å². The Balaban J connectivity index is 2.91. The first-order valence-corrected chi connectivity index (χ1v) is 3.29. The standard InChI is InChI=1S/C7H7ClN2/c8-7-4-2-1-3-6(7)5-10-9/h1-4,9H,5H2. The molecule has 3 heteroatoms. The molecule has 0 spiro atoms. The summed E-state index contributed by atoms with van der Waals surface area (Å²) in [6, 6.07) is 7.39. The maximum absolute atomic E-state index is 6.60. The fraction of sp³-hybridized carbons (Fsp3) is 0.143. The largest absolute Gasteiger partial charge is 0.210 e. The Bertz CT molecular complexity index is 235. The van der Waals surface area contributed by atoms with E-state index in [0.29, 0.717) is 11.6 Å². The van der Waals surface area contributed by atoms with Crippen molar-refractivity contribution in [2.45, 2.75) is 6.54 Å². The summed E-state index contributed by atoms with van der Waals surface area (Å²) < 4.78 is 0. The van der Waals surface area contributed by atoms with E-state index >= 15 is 0 Å². The van der Waals surface area contributed by atoms with E-state index in [4.69, 9.17) is 17.1 Å². The van der Waals surface area contributed by atoms with E-state index in [-0.39, 0.29) is 0 Å². The first kappa shape index (κ1) is 7.22. The van der Waals surface area contributed by atoms with Gasteiger partial charge in [0.2, 0.25) is 0 Å². The summed E-state index contributed by atoms with van der Waals surface area (Å²) >= 11 is 5.76. The second kappa shape index (κ2) is 3.32. The first-order valence-electron chi connectivity index (χ1n) is 2.91. The van der Waals surface area contributed by atoms with Crippen LogP contribution in [0.15, 0.2) is 29.4 Å². The van der Waals surface area contributed by atoms with Crippen molar-refractivity contribution in [2.24, 2.45) is 5.11 Å². The predicted molar refractivity (Wildman–Crippen MR) is 40.3 cm³/mol. The van der Waals surface area contributed by atoms with Crippen molar-refractivity contribution in [3.63, 3.8) is 0 Å². The minimum Gasteiger partial charge on any atom is -0.210 e. The van der Waals surface area contributed by atoms with Crippen LogP contribution >= 0.6 is 11.6 Å². The van der Waals surface area contributed by atoms with Crippen molar-refractivity contribution in [3.05, 3.63) is 34.9 Å². The van der Waals surface area contributed by atoms with E-state index in [0.717, 1.165) is 5.56 Å². The molecule has 0 heterocycles. The fourth-order valence-electron chi connectivity index (χ4n) is 0.712. The molecule has 0 saturated heterocycles. The quantitative estimate of drug-likeness (QED) is 0.636. The predicted octanol–water partition coefficient (Wildman–Crippen LogP) is 2.87. The highest BCUT2D eigenvalue weighted by atomic mass is 35.5. The van der Waals surface area contributed by atoms with Crippen LogP contribution in [0.5, 0.6) is 0 Å². The van der Waals surface area contributed by atoms with Gasteiger partial charge in [-0.2, -0.15) is 5.11 Å². The molecule has 1 aromatic rings. The number of hydrogen-bond donors (Lipinski definition) is 1. The lowest BCUT2D eigenvalue weighted by Gasteiger charge is -1.96. The van der Waals surface area contributed by atoms with Crippen LogP contribution in [-0.4, -0.2) is 0 Å². The summed E-state index contributed by atoms with van der Waals surface area (Å²) in [7, 11) is 0. The van der Waals surface area contributed by atoms with Crippen LogP contribution in [0.25, 0.3) is 0 Å². The fourth-order valence-corrected chi connectivity index (χ4v) is 0.907. The van der Waals surface area contributed by atoms with Gasteiger partial charge >= 0.3 is 0 Å². The SMILES string of the molecule is N=NCc1ccccc1Cl. The molecule has 1 rings (SSSR count). The molecular formula is C7H7ClN2. The van der Waals surface area contributed by atoms with Crippen LogP contribution in [0, 0.1) is 5.53 Å². The molecule has 1 N–H and O–H groups in total. The number of nitrogens with one attached hydrogen (secondary N) is 1. The van der Waals surface area contributed by atoms with Crippen molar-refractivity contribution in [3.8, 4) is 0 Å². The molecule has 0 aromatic heterocycles. The highest BCUT2D eigenvalue weighted by Crippen LogP contribution is 2.15. The Labute approximate surface area is 64.3 Å². The number of halogens is 1. The second-order valence-corrected chi connectivity index (χ2v) is 2.31. The zero-order chi connectivity index (χ0) is 7.40. The van der Waals surface area contributed by atoms with Gasteiger partial charge in [0.05, 0.1) is 6.54 Å². The lowest BCUT2D eigenvalue weighted by atomic mass is 10.2.